The molecule has 0 fully saturated rings. The Kier molecular flexibility index (Phi) is 5.90. The second kappa shape index (κ2) is 5.54. The van der Waals surface area contributed by atoms with Gasteiger partial charge < -0.3 is 4.21 Å². The molecule has 0 saturated heterocycles. The maximum absolute atomic E-state index is 12.7. The van der Waals surface area contributed by atoms with Crippen molar-refractivity contribution in [2.45, 2.75) is 52.6 Å². The third-order valence-electron chi connectivity index (χ3n) is 1.32. The topological polar surface area (TPSA) is 26.3 Å². The summed E-state index contributed by atoms with van der Waals surface area (Å²) in [6.07, 6.45) is 1.67. The van der Waals surface area contributed by atoms with Crippen molar-refractivity contribution in [1.82, 2.24) is 0 Å². The highest BCUT2D eigenvalue weighted by Crippen LogP contribution is 2.64. The van der Waals surface area contributed by atoms with Crippen molar-refractivity contribution < 1.29 is 8.78 Å². The van der Waals surface area contributed by atoms with Gasteiger partial charge in [-0.15, -0.1) is 0 Å². The highest BCUT2D eigenvalue weighted by Gasteiger charge is 2.35. The standard InChI is InChI=1S/C9H25O2PSSi2/c1-8-9-12(10,11-14(2,3)4)13-15(5,6)7/h8-9H2,1-7H3. The summed E-state index contributed by atoms with van der Waals surface area (Å²) in [6, 6.07) is 0. The van der Waals surface area contributed by atoms with Gasteiger partial charge in [-0.25, -0.2) is 0 Å². The van der Waals surface area contributed by atoms with Crippen LogP contribution in [-0.2, 0) is 8.78 Å². The molecule has 1 atom stereocenters. The predicted octanol–water partition coefficient (Wildman–Crippen LogP) is 5.01. The normalized spacial score (nSPS) is 17.5. The van der Waals surface area contributed by atoms with Crippen molar-refractivity contribution in [2.75, 3.05) is 6.16 Å². The van der Waals surface area contributed by atoms with Gasteiger partial charge >= 0.3 is 0 Å². The predicted molar refractivity (Wildman–Crippen MR) is 78.1 cm³/mol. The average Bonchev–Trinajstić information content (AvgIpc) is 1.74. The molecule has 6 heteroatoms. The van der Waals surface area contributed by atoms with Crippen LogP contribution in [0.4, 0.5) is 0 Å². The van der Waals surface area contributed by atoms with Crippen molar-refractivity contribution in [3.8, 4) is 0 Å². The van der Waals surface area contributed by atoms with Crippen molar-refractivity contribution in [3.63, 3.8) is 0 Å². The van der Waals surface area contributed by atoms with Crippen molar-refractivity contribution >= 4 is 32.9 Å². The van der Waals surface area contributed by atoms with E-state index in [9.17, 15) is 4.57 Å². The molecule has 0 saturated carbocycles. The van der Waals surface area contributed by atoms with Crippen LogP contribution in [0.2, 0.25) is 39.3 Å². The van der Waals surface area contributed by atoms with Crippen molar-refractivity contribution in [3.05, 3.63) is 0 Å². The molecule has 0 rings (SSSR count). The molecule has 0 heterocycles. The minimum atomic E-state index is -2.42. The zero-order valence-corrected chi connectivity index (χ0v) is 14.8. The van der Waals surface area contributed by atoms with E-state index in [1.165, 1.54) is 0 Å². The van der Waals surface area contributed by atoms with Crippen molar-refractivity contribution in [2.24, 2.45) is 0 Å². The zero-order chi connectivity index (χ0) is 12.3. The van der Waals surface area contributed by atoms with E-state index >= 15 is 0 Å². The molecule has 0 aliphatic rings. The number of rotatable bonds is 6. The fourth-order valence-electron chi connectivity index (χ4n) is 1.22. The van der Waals surface area contributed by atoms with E-state index in [-0.39, 0.29) is 0 Å². The minimum Gasteiger partial charge on any atom is -0.363 e. The Balaban J connectivity index is 4.68. The second-order valence-electron chi connectivity index (χ2n) is 5.74. The largest absolute Gasteiger partial charge is 0.363 e. The van der Waals surface area contributed by atoms with E-state index in [1.807, 2.05) is 0 Å². The maximum atomic E-state index is 12.7. The lowest BCUT2D eigenvalue weighted by atomic mass is 10.6. The first kappa shape index (κ1) is 16.0. The molecule has 0 aliphatic carbocycles. The molecular weight excluding hydrogens is 259 g/mol. The van der Waals surface area contributed by atoms with Gasteiger partial charge in [0.25, 0.3) is 0 Å². The highest BCUT2D eigenvalue weighted by molar-refractivity contribution is 8.71. The van der Waals surface area contributed by atoms with Gasteiger partial charge in [-0.3, -0.25) is 4.57 Å². The Hall–Kier alpha value is 0.974. The van der Waals surface area contributed by atoms with E-state index in [2.05, 4.69) is 46.2 Å². The van der Waals surface area contributed by atoms with Crippen LogP contribution < -0.4 is 0 Å². The molecule has 0 aromatic carbocycles. The summed E-state index contributed by atoms with van der Waals surface area (Å²) in [7, 11) is -1.41. The Morgan fingerprint density at radius 1 is 1.13 bits per heavy atom. The summed E-state index contributed by atoms with van der Waals surface area (Å²) >= 11 is 0. The van der Waals surface area contributed by atoms with Gasteiger partial charge in [-0.05, 0) is 26.1 Å². The summed E-state index contributed by atoms with van der Waals surface area (Å²) in [5.74, 6) is 0. The molecule has 0 aliphatic heterocycles. The summed E-state index contributed by atoms with van der Waals surface area (Å²) in [5.41, 5.74) is 0. The van der Waals surface area contributed by atoms with Crippen LogP contribution in [0.3, 0.4) is 0 Å². The first-order valence-electron chi connectivity index (χ1n) is 5.48. The quantitative estimate of drug-likeness (QED) is 0.506. The van der Waals surface area contributed by atoms with E-state index < -0.39 is 22.1 Å². The van der Waals surface area contributed by atoms with Crippen LogP contribution in [-0.4, -0.2) is 21.7 Å². The summed E-state index contributed by atoms with van der Waals surface area (Å²) < 4.78 is 18.6. The lowest BCUT2D eigenvalue weighted by Gasteiger charge is -2.29. The van der Waals surface area contributed by atoms with Gasteiger partial charge in [0.15, 0.2) is 8.32 Å². The van der Waals surface area contributed by atoms with Crippen molar-refractivity contribution in [1.29, 1.82) is 0 Å². The first-order valence-corrected chi connectivity index (χ1v) is 16.3. The fraction of sp³-hybridized carbons (Fsp3) is 1.00. The zero-order valence-electron chi connectivity index (χ0n) is 11.1. The SMILES string of the molecule is CCCP(=O)(O[Si](C)(C)C)S[Si](C)(C)C. The van der Waals surface area contributed by atoms with Gasteiger partial charge in [-0.1, -0.05) is 37.4 Å². The number of hydrogen-bond donors (Lipinski definition) is 0. The van der Waals surface area contributed by atoms with Crippen LogP contribution >= 0.6 is 17.4 Å². The molecular formula is C9H25O2PSSi2. The monoisotopic (exact) mass is 284 g/mol. The Morgan fingerprint density at radius 2 is 1.60 bits per heavy atom. The molecule has 0 N–H and O–H groups in total. The molecule has 0 aromatic rings. The highest BCUT2D eigenvalue weighted by atomic mass is 32.9. The summed E-state index contributed by atoms with van der Waals surface area (Å²) in [5, 5.41) is 0. The van der Waals surface area contributed by atoms with Crippen LogP contribution in [0.5, 0.6) is 0 Å². The first-order chi connectivity index (χ1) is 6.47. The lowest BCUT2D eigenvalue weighted by Crippen LogP contribution is -2.25. The molecule has 1 unspecified atom stereocenters. The van der Waals surface area contributed by atoms with E-state index in [4.69, 9.17) is 4.21 Å². The maximum Gasteiger partial charge on any atom is 0.242 e. The summed E-state index contributed by atoms with van der Waals surface area (Å²) in [4.78, 5) is 0. The van der Waals surface area contributed by atoms with E-state index in [0.717, 1.165) is 12.6 Å². The Morgan fingerprint density at radius 3 is 1.87 bits per heavy atom. The molecule has 0 radical (unpaired) electrons. The van der Waals surface area contributed by atoms with Gasteiger partial charge in [0.1, 0.15) is 7.22 Å². The van der Waals surface area contributed by atoms with E-state index in [0.29, 0.717) is 0 Å². The molecule has 0 amide bonds. The van der Waals surface area contributed by atoms with Gasteiger partial charge in [0.2, 0.25) is 6.57 Å². The fourth-order valence-corrected chi connectivity index (χ4v) is 21.6. The molecule has 0 spiro atoms. The molecule has 15 heavy (non-hydrogen) atoms. The van der Waals surface area contributed by atoms with Gasteiger partial charge in [-0.2, -0.15) is 0 Å². The Labute approximate surface area is 101 Å². The smallest absolute Gasteiger partial charge is 0.242 e. The van der Waals surface area contributed by atoms with Crippen LogP contribution in [0.15, 0.2) is 0 Å². The Bertz CT molecular complexity index is 225. The van der Waals surface area contributed by atoms with Gasteiger partial charge in [0, 0.05) is 6.16 Å². The average molecular weight is 285 g/mol. The van der Waals surface area contributed by atoms with Crippen LogP contribution in [0.25, 0.3) is 0 Å². The molecule has 2 nitrogen and oxygen atoms in total. The van der Waals surface area contributed by atoms with Gasteiger partial charge in [0.05, 0.1) is 0 Å². The third-order valence-corrected chi connectivity index (χ3v) is 17.6. The number of hydrogen-bond acceptors (Lipinski definition) is 3. The summed E-state index contributed by atoms with van der Waals surface area (Å²) in [6.45, 7) is 12.7. The molecule has 92 valence electrons. The van der Waals surface area contributed by atoms with E-state index in [1.54, 1.807) is 10.8 Å². The lowest BCUT2D eigenvalue weighted by molar-refractivity contribution is 0.498. The second-order valence-corrected chi connectivity index (χ2v) is 24.3. The van der Waals surface area contributed by atoms with Crippen LogP contribution in [0, 0.1) is 0 Å². The molecule has 0 bridgehead atoms. The van der Waals surface area contributed by atoms with Crippen LogP contribution in [0.1, 0.15) is 13.3 Å². The minimum absolute atomic E-state index is 0.728. The molecule has 0 aromatic heterocycles. The third kappa shape index (κ3) is 8.75.